The van der Waals surface area contributed by atoms with Crippen molar-refractivity contribution in [3.63, 3.8) is 0 Å². The van der Waals surface area contributed by atoms with E-state index in [9.17, 15) is 9.59 Å². The summed E-state index contributed by atoms with van der Waals surface area (Å²) in [5.41, 5.74) is 0. The number of hydrogen-bond donors (Lipinski definition) is 0. The highest BCUT2D eigenvalue weighted by molar-refractivity contribution is 5.86. The zero-order valence-corrected chi connectivity index (χ0v) is 11.9. The Labute approximate surface area is 114 Å². The lowest BCUT2D eigenvalue weighted by Crippen LogP contribution is -2.40. The van der Waals surface area contributed by atoms with E-state index in [4.69, 9.17) is 4.74 Å². The second-order valence-corrected chi connectivity index (χ2v) is 5.79. The molecule has 5 heteroatoms. The first-order chi connectivity index (χ1) is 9.10. The van der Waals surface area contributed by atoms with Crippen LogP contribution in [0.1, 0.15) is 26.2 Å². The summed E-state index contributed by atoms with van der Waals surface area (Å²) in [6.07, 6.45) is 2.81. The predicted molar refractivity (Wildman–Crippen MR) is 71.5 cm³/mol. The van der Waals surface area contributed by atoms with E-state index in [2.05, 4.69) is 11.8 Å². The van der Waals surface area contributed by atoms with Gasteiger partial charge >= 0.3 is 5.97 Å². The molecule has 0 aliphatic carbocycles. The van der Waals surface area contributed by atoms with Crippen LogP contribution >= 0.6 is 0 Å². The second kappa shape index (κ2) is 6.37. The van der Waals surface area contributed by atoms with E-state index < -0.39 is 0 Å². The lowest BCUT2D eigenvalue weighted by Gasteiger charge is -2.31. The van der Waals surface area contributed by atoms with Crippen molar-refractivity contribution in [2.24, 2.45) is 11.8 Å². The highest BCUT2D eigenvalue weighted by Crippen LogP contribution is 2.20. The highest BCUT2D eigenvalue weighted by atomic mass is 16.5. The van der Waals surface area contributed by atoms with Crippen molar-refractivity contribution in [2.75, 3.05) is 39.8 Å². The third-order valence-electron chi connectivity index (χ3n) is 4.31. The Morgan fingerprint density at radius 1 is 1.32 bits per heavy atom. The summed E-state index contributed by atoms with van der Waals surface area (Å²) in [6.45, 7) is 6.73. The molecular formula is C14H24N2O3. The van der Waals surface area contributed by atoms with E-state index in [0.29, 0.717) is 13.0 Å². The second-order valence-electron chi connectivity index (χ2n) is 5.79. The number of carbonyl (C=O) groups excluding carboxylic acids is 2. The van der Waals surface area contributed by atoms with Crippen LogP contribution in [0.15, 0.2) is 0 Å². The Balaban J connectivity index is 1.74. The van der Waals surface area contributed by atoms with Crippen LogP contribution in [0, 0.1) is 11.8 Å². The Bertz CT molecular complexity index is 338. The highest BCUT2D eigenvalue weighted by Gasteiger charge is 2.34. The molecule has 0 saturated carbocycles. The SMILES string of the molecule is COC(=O)C1CC(=O)N(CCN2CCC(C)CC2)C1. The maximum Gasteiger partial charge on any atom is 0.310 e. The molecule has 0 aromatic carbocycles. The van der Waals surface area contributed by atoms with Gasteiger partial charge in [0.05, 0.1) is 13.0 Å². The quantitative estimate of drug-likeness (QED) is 0.706. The molecule has 2 heterocycles. The van der Waals surface area contributed by atoms with Gasteiger partial charge in [-0.15, -0.1) is 0 Å². The van der Waals surface area contributed by atoms with Crippen LogP contribution in [0.25, 0.3) is 0 Å². The van der Waals surface area contributed by atoms with Crippen LogP contribution in [-0.2, 0) is 14.3 Å². The molecule has 1 unspecified atom stereocenters. The molecule has 2 aliphatic heterocycles. The molecule has 1 amide bonds. The van der Waals surface area contributed by atoms with Crippen LogP contribution in [0.3, 0.4) is 0 Å². The molecule has 1 atom stereocenters. The van der Waals surface area contributed by atoms with Crippen molar-refractivity contribution < 1.29 is 14.3 Å². The number of hydrogen-bond acceptors (Lipinski definition) is 4. The van der Waals surface area contributed by atoms with Crippen LogP contribution in [0.2, 0.25) is 0 Å². The van der Waals surface area contributed by atoms with Crippen molar-refractivity contribution in [3.8, 4) is 0 Å². The summed E-state index contributed by atoms with van der Waals surface area (Å²) in [5, 5.41) is 0. The zero-order chi connectivity index (χ0) is 13.8. The molecule has 108 valence electrons. The van der Waals surface area contributed by atoms with Crippen molar-refractivity contribution >= 4 is 11.9 Å². The monoisotopic (exact) mass is 268 g/mol. The Morgan fingerprint density at radius 3 is 2.63 bits per heavy atom. The van der Waals surface area contributed by atoms with Gasteiger partial charge in [0.25, 0.3) is 0 Å². The number of esters is 1. The average Bonchev–Trinajstić information content (AvgIpc) is 2.79. The maximum atomic E-state index is 11.8. The summed E-state index contributed by atoms with van der Waals surface area (Å²) in [4.78, 5) is 27.5. The van der Waals surface area contributed by atoms with Crippen molar-refractivity contribution in [1.29, 1.82) is 0 Å². The molecule has 0 radical (unpaired) electrons. The number of methoxy groups -OCH3 is 1. The van der Waals surface area contributed by atoms with Gasteiger partial charge in [-0.2, -0.15) is 0 Å². The van der Waals surface area contributed by atoms with Gasteiger partial charge in [-0.1, -0.05) is 6.92 Å². The van der Waals surface area contributed by atoms with Gasteiger partial charge in [0.15, 0.2) is 0 Å². The summed E-state index contributed by atoms with van der Waals surface area (Å²) in [5.74, 6) is 0.385. The topological polar surface area (TPSA) is 49.9 Å². The number of nitrogens with zero attached hydrogens (tertiary/aromatic N) is 2. The van der Waals surface area contributed by atoms with Gasteiger partial charge in [-0.25, -0.2) is 0 Å². The zero-order valence-electron chi connectivity index (χ0n) is 11.9. The summed E-state index contributed by atoms with van der Waals surface area (Å²) >= 11 is 0. The maximum absolute atomic E-state index is 11.8. The van der Waals surface area contributed by atoms with Gasteiger partial charge < -0.3 is 14.5 Å². The molecule has 5 nitrogen and oxygen atoms in total. The fraction of sp³-hybridized carbons (Fsp3) is 0.857. The van der Waals surface area contributed by atoms with E-state index in [1.165, 1.54) is 20.0 Å². The Kier molecular flexibility index (Phi) is 4.80. The molecule has 2 rings (SSSR count). The molecule has 0 aromatic rings. The van der Waals surface area contributed by atoms with Gasteiger partial charge in [-0.05, 0) is 31.8 Å². The summed E-state index contributed by atoms with van der Waals surface area (Å²) < 4.78 is 4.71. The number of piperidine rings is 1. The molecular weight excluding hydrogens is 244 g/mol. The lowest BCUT2D eigenvalue weighted by atomic mass is 9.99. The van der Waals surface area contributed by atoms with Gasteiger partial charge in [0.2, 0.25) is 5.91 Å². The molecule has 2 saturated heterocycles. The first-order valence-corrected chi connectivity index (χ1v) is 7.18. The lowest BCUT2D eigenvalue weighted by molar-refractivity contribution is -0.145. The fourth-order valence-electron chi connectivity index (χ4n) is 2.86. The number of carbonyl (C=O) groups is 2. The van der Waals surface area contributed by atoms with E-state index in [-0.39, 0.29) is 17.8 Å². The molecule has 0 bridgehead atoms. The predicted octanol–water partition coefficient (Wildman–Crippen LogP) is 0.740. The van der Waals surface area contributed by atoms with Crippen LogP contribution < -0.4 is 0 Å². The number of ether oxygens (including phenoxy) is 1. The minimum atomic E-state index is -0.265. The van der Waals surface area contributed by atoms with Crippen LogP contribution in [0.4, 0.5) is 0 Å². The minimum absolute atomic E-state index is 0.0841. The number of rotatable bonds is 4. The smallest absolute Gasteiger partial charge is 0.310 e. The Morgan fingerprint density at radius 2 is 2.00 bits per heavy atom. The summed E-state index contributed by atoms with van der Waals surface area (Å²) in [7, 11) is 1.38. The van der Waals surface area contributed by atoms with Gasteiger partial charge in [0.1, 0.15) is 0 Å². The Hall–Kier alpha value is -1.10. The van der Waals surface area contributed by atoms with Crippen LogP contribution in [-0.4, -0.2) is 61.5 Å². The average molecular weight is 268 g/mol. The molecule has 2 aliphatic rings. The first-order valence-electron chi connectivity index (χ1n) is 7.18. The molecule has 0 N–H and O–H groups in total. The fourth-order valence-corrected chi connectivity index (χ4v) is 2.86. The third kappa shape index (κ3) is 3.69. The van der Waals surface area contributed by atoms with Gasteiger partial charge in [0, 0.05) is 26.1 Å². The standard InChI is InChI=1S/C14H24N2O3/c1-11-3-5-15(6-4-11)7-8-16-10-12(9-13(16)17)14(18)19-2/h11-12H,3-10H2,1-2H3. The minimum Gasteiger partial charge on any atom is -0.469 e. The van der Waals surface area contributed by atoms with E-state index >= 15 is 0 Å². The van der Waals surface area contributed by atoms with Crippen molar-refractivity contribution in [2.45, 2.75) is 26.2 Å². The van der Waals surface area contributed by atoms with Crippen molar-refractivity contribution in [3.05, 3.63) is 0 Å². The molecule has 0 aromatic heterocycles. The van der Waals surface area contributed by atoms with Crippen molar-refractivity contribution in [1.82, 2.24) is 9.80 Å². The summed E-state index contributed by atoms with van der Waals surface area (Å²) in [6, 6.07) is 0. The molecule has 19 heavy (non-hydrogen) atoms. The molecule has 0 spiro atoms. The van der Waals surface area contributed by atoms with E-state index in [1.54, 1.807) is 4.90 Å². The molecule has 2 fully saturated rings. The number of amides is 1. The third-order valence-corrected chi connectivity index (χ3v) is 4.31. The van der Waals surface area contributed by atoms with E-state index in [0.717, 1.165) is 32.1 Å². The largest absolute Gasteiger partial charge is 0.469 e. The number of likely N-dealkylation sites (tertiary alicyclic amines) is 2. The van der Waals surface area contributed by atoms with Crippen LogP contribution in [0.5, 0.6) is 0 Å². The van der Waals surface area contributed by atoms with Gasteiger partial charge in [-0.3, -0.25) is 9.59 Å². The normalized spacial score (nSPS) is 25.9. The first kappa shape index (κ1) is 14.3. The van der Waals surface area contributed by atoms with E-state index in [1.807, 2.05) is 0 Å².